The Bertz CT molecular complexity index is 1940. The van der Waals surface area contributed by atoms with Crippen molar-refractivity contribution >= 4 is 37.3 Å². The van der Waals surface area contributed by atoms with Crippen molar-refractivity contribution in [1.82, 2.24) is 0 Å². The zero-order valence-corrected chi connectivity index (χ0v) is 36.5. The Morgan fingerprint density at radius 3 is 1.74 bits per heavy atom. The standard InChI is InChI=1S/C50H61BO6Se/c1-49(2)50(3,4)57-51(56-49)46-43(31-17-6-5-7-20-33-58-45-32-21-29-41-28-18-19-30-42(41)45)55-44(37-52-34-38-22-11-8-12-23-38)47(53-35-39-24-13-9-14-25-39)48(46)54-36-40-26-15-10-16-27-40/h8-16,18-19,21-30,32,43-44,46-48H,5-7,17,20,31,33-37H2,1-4H3/t43-,44-,46+,47-,48-/m1/s1. The van der Waals surface area contributed by atoms with Gasteiger partial charge in [0.15, 0.2) is 0 Å². The number of hydrogen-bond donors (Lipinski definition) is 0. The number of fused-ring (bicyclic) bond motifs is 1. The van der Waals surface area contributed by atoms with Gasteiger partial charge in [0.05, 0.1) is 13.2 Å². The predicted octanol–water partition coefficient (Wildman–Crippen LogP) is 10.5. The summed E-state index contributed by atoms with van der Waals surface area (Å²) in [6.45, 7) is 10.2. The number of ether oxygens (including phenoxy) is 4. The molecule has 5 aromatic carbocycles. The van der Waals surface area contributed by atoms with Crippen LogP contribution in [0.3, 0.4) is 0 Å². The minimum atomic E-state index is -0.527. The molecule has 2 saturated heterocycles. The van der Waals surface area contributed by atoms with Gasteiger partial charge in [-0.05, 0) is 44.4 Å². The summed E-state index contributed by atoms with van der Waals surface area (Å²) in [7, 11) is -0.527. The summed E-state index contributed by atoms with van der Waals surface area (Å²) in [5.41, 5.74) is 2.33. The van der Waals surface area contributed by atoms with Crippen LogP contribution >= 0.6 is 0 Å². The molecule has 0 unspecified atom stereocenters. The van der Waals surface area contributed by atoms with Gasteiger partial charge in [0.25, 0.3) is 0 Å². The molecular formula is C50H61BO6Se. The second-order valence-corrected chi connectivity index (χ2v) is 19.2. The maximum absolute atomic E-state index is 7.21. The molecule has 0 amide bonds. The third-order valence-corrected chi connectivity index (χ3v) is 14.5. The van der Waals surface area contributed by atoms with Gasteiger partial charge in [-0.25, -0.2) is 0 Å². The van der Waals surface area contributed by atoms with Gasteiger partial charge in [-0.2, -0.15) is 0 Å². The van der Waals surface area contributed by atoms with E-state index in [4.69, 9.17) is 28.3 Å². The SMILES string of the molecule is CC1(C)OB([C@@H]2[C@@H](OCc3ccccc3)[C@H](OCc3ccccc3)[C@@H](COCc3ccccc3)O[C@@H]2CCCCCCC[Se]c2cccc3ccccc23)OC1(C)C. The maximum atomic E-state index is 7.21. The molecule has 7 rings (SSSR count). The van der Waals surface area contributed by atoms with E-state index in [9.17, 15) is 0 Å². The second-order valence-electron chi connectivity index (χ2n) is 16.8. The third-order valence-electron chi connectivity index (χ3n) is 12.0. The Labute approximate surface area is 353 Å². The van der Waals surface area contributed by atoms with Gasteiger partial charge < -0.3 is 0 Å². The number of rotatable bonds is 20. The van der Waals surface area contributed by atoms with E-state index in [1.807, 2.05) is 30.3 Å². The smallest absolute Gasteiger partial charge is 0.0348 e. The first-order chi connectivity index (χ1) is 28.3. The Balaban J connectivity index is 1.07. The van der Waals surface area contributed by atoms with Crippen LogP contribution in [0.1, 0.15) is 82.9 Å². The van der Waals surface area contributed by atoms with Crippen molar-refractivity contribution in [1.29, 1.82) is 0 Å². The predicted molar refractivity (Wildman–Crippen MR) is 236 cm³/mol. The fourth-order valence-corrected chi connectivity index (χ4v) is 10.4. The molecule has 5 aromatic rings. The average molecular weight is 848 g/mol. The van der Waals surface area contributed by atoms with Crippen molar-refractivity contribution in [3.05, 3.63) is 150 Å². The van der Waals surface area contributed by atoms with Gasteiger partial charge >= 0.3 is 207 Å². The van der Waals surface area contributed by atoms with E-state index >= 15 is 0 Å². The molecule has 5 atom stereocenters. The Morgan fingerprint density at radius 1 is 0.552 bits per heavy atom. The normalized spacial score (nSPS) is 22.7. The van der Waals surface area contributed by atoms with Crippen LogP contribution < -0.4 is 4.46 Å². The minimum Gasteiger partial charge on any atom is -0.0348 e. The van der Waals surface area contributed by atoms with E-state index in [0.29, 0.717) is 41.4 Å². The van der Waals surface area contributed by atoms with E-state index in [-0.39, 0.29) is 24.1 Å². The summed E-state index contributed by atoms with van der Waals surface area (Å²) in [5, 5.41) is 4.03. The molecule has 0 aromatic heterocycles. The van der Waals surface area contributed by atoms with Crippen LogP contribution in [0.4, 0.5) is 0 Å². The van der Waals surface area contributed by atoms with Gasteiger partial charge in [-0.3, -0.25) is 0 Å². The summed E-state index contributed by atoms with van der Waals surface area (Å²) in [4.78, 5) is 0. The van der Waals surface area contributed by atoms with Gasteiger partial charge in [0.2, 0.25) is 0 Å². The monoisotopic (exact) mass is 848 g/mol. The van der Waals surface area contributed by atoms with Crippen LogP contribution in [0.2, 0.25) is 11.1 Å². The van der Waals surface area contributed by atoms with Crippen molar-refractivity contribution < 1.29 is 28.3 Å². The minimum absolute atomic E-state index is 0.174. The van der Waals surface area contributed by atoms with Crippen molar-refractivity contribution in [2.24, 2.45) is 0 Å². The summed E-state index contributed by atoms with van der Waals surface area (Å²) in [5.74, 6) is -0.223. The van der Waals surface area contributed by atoms with Crippen LogP contribution in [0, 0.1) is 0 Å². The summed E-state index contributed by atoms with van der Waals surface area (Å²) in [6.07, 6.45) is 5.45. The van der Waals surface area contributed by atoms with E-state index in [1.165, 1.54) is 39.8 Å². The first kappa shape index (κ1) is 42.8. The summed E-state index contributed by atoms with van der Waals surface area (Å²) < 4.78 is 42.9. The summed E-state index contributed by atoms with van der Waals surface area (Å²) in [6, 6.07) is 46.6. The first-order valence-electron chi connectivity index (χ1n) is 21.3. The third kappa shape index (κ3) is 11.3. The molecule has 0 radical (unpaired) electrons. The van der Waals surface area contributed by atoms with Gasteiger partial charge in [0.1, 0.15) is 0 Å². The van der Waals surface area contributed by atoms with Crippen LogP contribution in [0.5, 0.6) is 0 Å². The molecule has 58 heavy (non-hydrogen) atoms. The molecule has 6 nitrogen and oxygen atoms in total. The Hall–Kier alpha value is -3.30. The molecular weight excluding hydrogens is 786 g/mol. The molecule has 0 N–H and O–H groups in total. The number of hydrogen-bond acceptors (Lipinski definition) is 6. The van der Waals surface area contributed by atoms with Crippen LogP contribution in [0.25, 0.3) is 10.8 Å². The molecule has 306 valence electrons. The fourth-order valence-electron chi connectivity index (χ4n) is 8.10. The molecule has 2 fully saturated rings. The van der Waals surface area contributed by atoms with Gasteiger partial charge in [-0.15, -0.1) is 0 Å². The zero-order valence-electron chi connectivity index (χ0n) is 34.8. The molecule has 2 aliphatic rings. The van der Waals surface area contributed by atoms with Gasteiger partial charge in [0, 0.05) is 0 Å². The number of benzene rings is 5. The average Bonchev–Trinajstić information content (AvgIpc) is 3.46. The zero-order chi connectivity index (χ0) is 40.2. The quantitative estimate of drug-likeness (QED) is 0.0575. The molecule has 2 aliphatic heterocycles. The van der Waals surface area contributed by atoms with E-state index < -0.39 is 24.4 Å². The van der Waals surface area contributed by atoms with E-state index in [2.05, 4.69) is 131 Å². The fraction of sp³-hybridized carbons (Fsp3) is 0.440. The second kappa shape index (κ2) is 20.8. The van der Waals surface area contributed by atoms with E-state index in [0.717, 1.165) is 36.0 Å². The molecule has 8 heteroatoms. The summed E-state index contributed by atoms with van der Waals surface area (Å²) >= 11 is 0.484. The Kier molecular flexibility index (Phi) is 15.3. The number of unbranched alkanes of at least 4 members (excludes halogenated alkanes) is 4. The molecule has 2 heterocycles. The molecule has 0 aliphatic carbocycles. The van der Waals surface area contributed by atoms with E-state index in [1.54, 1.807) is 0 Å². The molecule has 0 bridgehead atoms. The van der Waals surface area contributed by atoms with Crippen LogP contribution in [-0.2, 0) is 48.1 Å². The van der Waals surface area contributed by atoms with Crippen LogP contribution in [-0.4, -0.2) is 64.3 Å². The van der Waals surface area contributed by atoms with Crippen molar-refractivity contribution in [3.8, 4) is 0 Å². The van der Waals surface area contributed by atoms with Crippen LogP contribution in [0.15, 0.2) is 133 Å². The van der Waals surface area contributed by atoms with Crippen molar-refractivity contribution in [3.63, 3.8) is 0 Å². The Morgan fingerprint density at radius 2 is 1.09 bits per heavy atom. The topological polar surface area (TPSA) is 55.4 Å². The molecule has 0 spiro atoms. The van der Waals surface area contributed by atoms with Gasteiger partial charge in [-0.1, -0.05) is 91.0 Å². The first-order valence-corrected chi connectivity index (χ1v) is 23.4. The molecule has 0 saturated carbocycles. The van der Waals surface area contributed by atoms with Crippen molar-refractivity contribution in [2.75, 3.05) is 6.61 Å². The van der Waals surface area contributed by atoms with Crippen molar-refractivity contribution in [2.45, 2.75) is 133 Å².